The molecule has 116 valence electrons. The molecule has 2 fully saturated rings. The van der Waals surface area contributed by atoms with Crippen molar-refractivity contribution >= 4 is 5.91 Å². The van der Waals surface area contributed by atoms with Gasteiger partial charge in [0.1, 0.15) is 0 Å². The van der Waals surface area contributed by atoms with Gasteiger partial charge in [-0.25, -0.2) is 0 Å². The van der Waals surface area contributed by atoms with Gasteiger partial charge in [0, 0.05) is 6.04 Å². The van der Waals surface area contributed by atoms with Crippen LogP contribution in [0.1, 0.15) is 60.8 Å². The zero-order chi connectivity index (χ0) is 15.0. The normalized spacial score (nSPS) is 38.5. The summed E-state index contributed by atoms with van der Waals surface area (Å²) in [6.45, 7) is 13.5. The van der Waals surface area contributed by atoms with E-state index in [1.165, 1.54) is 12.8 Å². The van der Waals surface area contributed by atoms with Gasteiger partial charge in [-0.1, -0.05) is 41.5 Å². The Balaban J connectivity index is 2.18. The lowest BCUT2D eigenvalue weighted by molar-refractivity contribution is -0.134. The fourth-order valence-electron chi connectivity index (χ4n) is 3.93. The third-order valence-electron chi connectivity index (χ3n) is 5.34. The Morgan fingerprint density at radius 2 is 1.85 bits per heavy atom. The number of nitrogens with one attached hydrogen (secondary N) is 1. The van der Waals surface area contributed by atoms with Crippen molar-refractivity contribution in [2.75, 3.05) is 0 Å². The van der Waals surface area contributed by atoms with E-state index >= 15 is 0 Å². The number of carbonyl (C=O) groups is 1. The van der Waals surface area contributed by atoms with Gasteiger partial charge in [0.2, 0.25) is 5.91 Å². The van der Waals surface area contributed by atoms with Crippen LogP contribution in [0.15, 0.2) is 0 Å². The first kappa shape index (κ1) is 15.8. The molecule has 2 rings (SSSR count). The second-order valence-corrected chi connectivity index (χ2v) is 7.76. The van der Waals surface area contributed by atoms with E-state index in [2.05, 4.69) is 51.8 Å². The number of carbonyl (C=O) groups excluding carboxylic acids is 1. The van der Waals surface area contributed by atoms with E-state index in [-0.39, 0.29) is 12.2 Å². The van der Waals surface area contributed by atoms with Gasteiger partial charge in [-0.15, -0.1) is 0 Å². The molecule has 5 unspecified atom stereocenters. The minimum atomic E-state index is 0.0329. The molecule has 2 aliphatic rings. The predicted molar refractivity (Wildman–Crippen MR) is 83.2 cm³/mol. The Morgan fingerprint density at radius 1 is 1.20 bits per heavy atom. The van der Waals surface area contributed by atoms with Crippen LogP contribution in [0.3, 0.4) is 0 Å². The molecule has 3 heteroatoms. The van der Waals surface area contributed by atoms with Gasteiger partial charge < -0.3 is 4.90 Å². The number of nitrogens with zero attached hydrogens (tertiary/aromatic N) is 1. The van der Waals surface area contributed by atoms with Crippen LogP contribution in [0.2, 0.25) is 0 Å². The topological polar surface area (TPSA) is 32.3 Å². The second-order valence-electron chi connectivity index (χ2n) is 7.76. The number of amides is 1. The van der Waals surface area contributed by atoms with Crippen LogP contribution >= 0.6 is 0 Å². The summed E-state index contributed by atoms with van der Waals surface area (Å²) in [7, 11) is 0. The SMILES string of the molecule is CC(C)CC1NC(C(C)C)N(C2CCC(C)C2C)C1=O. The fraction of sp³-hybridized carbons (Fsp3) is 0.941. The molecule has 0 spiro atoms. The predicted octanol–water partition coefficient (Wildman–Crippen LogP) is 3.25. The standard InChI is InChI=1S/C17H32N2O/c1-10(2)9-14-17(20)19(16(18-14)11(3)4)15-8-7-12(5)13(15)6/h10-16,18H,7-9H2,1-6H3. The molecule has 0 aromatic carbocycles. The van der Waals surface area contributed by atoms with Crippen molar-refractivity contribution in [2.24, 2.45) is 23.7 Å². The molecule has 0 radical (unpaired) electrons. The van der Waals surface area contributed by atoms with E-state index in [1.54, 1.807) is 0 Å². The van der Waals surface area contributed by atoms with Gasteiger partial charge in [-0.05, 0) is 42.9 Å². The van der Waals surface area contributed by atoms with Crippen LogP contribution in [-0.2, 0) is 4.79 Å². The Labute approximate surface area is 124 Å². The third-order valence-corrected chi connectivity index (χ3v) is 5.34. The van der Waals surface area contributed by atoms with E-state index in [0.29, 0.717) is 29.7 Å². The highest BCUT2D eigenvalue weighted by Crippen LogP contribution is 2.38. The molecule has 1 saturated heterocycles. The summed E-state index contributed by atoms with van der Waals surface area (Å²) >= 11 is 0. The molecular formula is C17H32N2O. The lowest BCUT2D eigenvalue weighted by atomic mass is 9.95. The molecule has 0 bridgehead atoms. The summed E-state index contributed by atoms with van der Waals surface area (Å²) in [4.78, 5) is 15.1. The van der Waals surface area contributed by atoms with Crippen LogP contribution in [-0.4, -0.2) is 29.1 Å². The maximum absolute atomic E-state index is 12.9. The number of hydrogen-bond acceptors (Lipinski definition) is 2. The summed E-state index contributed by atoms with van der Waals surface area (Å²) in [6.07, 6.45) is 3.61. The van der Waals surface area contributed by atoms with Crippen molar-refractivity contribution in [2.45, 2.75) is 79.1 Å². The average molecular weight is 280 g/mol. The van der Waals surface area contributed by atoms with Crippen LogP contribution < -0.4 is 5.32 Å². The molecule has 20 heavy (non-hydrogen) atoms. The molecule has 1 heterocycles. The highest BCUT2D eigenvalue weighted by atomic mass is 16.2. The molecule has 0 aromatic rings. The van der Waals surface area contributed by atoms with Gasteiger partial charge in [0.05, 0.1) is 12.2 Å². The second kappa shape index (κ2) is 6.05. The van der Waals surface area contributed by atoms with Crippen molar-refractivity contribution in [3.05, 3.63) is 0 Å². The Bertz CT molecular complexity index is 353. The fourth-order valence-corrected chi connectivity index (χ4v) is 3.93. The highest BCUT2D eigenvalue weighted by Gasteiger charge is 2.47. The number of hydrogen-bond donors (Lipinski definition) is 1. The van der Waals surface area contributed by atoms with E-state index in [1.807, 2.05) is 0 Å². The van der Waals surface area contributed by atoms with Crippen LogP contribution in [0.5, 0.6) is 0 Å². The van der Waals surface area contributed by atoms with E-state index in [4.69, 9.17) is 0 Å². The summed E-state index contributed by atoms with van der Waals surface area (Å²) in [6, 6.07) is 0.472. The molecule has 3 nitrogen and oxygen atoms in total. The molecule has 5 atom stereocenters. The molecule has 0 aromatic heterocycles. The molecule has 1 saturated carbocycles. The monoisotopic (exact) mass is 280 g/mol. The van der Waals surface area contributed by atoms with E-state index in [9.17, 15) is 4.79 Å². The van der Waals surface area contributed by atoms with Gasteiger partial charge in [-0.3, -0.25) is 10.1 Å². The zero-order valence-electron chi connectivity index (χ0n) is 14.0. The van der Waals surface area contributed by atoms with Gasteiger partial charge in [0.25, 0.3) is 0 Å². The molecule has 1 aliphatic carbocycles. The maximum atomic E-state index is 12.9. The smallest absolute Gasteiger partial charge is 0.241 e. The lowest BCUT2D eigenvalue weighted by Gasteiger charge is -2.35. The van der Waals surface area contributed by atoms with E-state index in [0.717, 1.165) is 12.3 Å². The third kappa shape index (κ3) is 2.88. The highest BCUT2D eigenvalue weighted by molar-refractivity contribution is 5.84. The molecule has 1 amide bonds. The molecule has 1 N–H and O–H groups in total. The van der Waals surface area contributed by atoms with E-state index < -0.39 is 0 Å². The first-order valence-corrected chi connectivity index (χ1v) is 8.41. The van der Waals surface area contributed by atoms with Crippen LogP contribution in [0, 0.1) is 23.7 Å². The largest absolute Gasteiger partial charge is 0.322 e. The summed E-state index contributed by atoms with van der Waals surface area (Å²) in [5.41, 5.74) is 0. The molecular weight excluding hydrogens is 248 g/mol. The summed E-state index contributed by atoms with van der Waals surface area (Å²) in [5.74, 6) is 2.75. The maximum Gasteiger partial charge on any atom is 0.241 e. The van der Waals surface area contributed by atoms with Crippen LogP contribution in [0.4, 0.5) is 0 Å². The van der Waals surface area contributed by atoms with Gasteiger partial charge >= 0.3 is 0 Å². The summed E-state index contributed by atoms with van der Waals surface area (Å²) < 4.78 is 0. The van der Waals surface area contributed by atoms with Crippen molar-refractivity contribution in [3.8, 4) is 0 Å². The minimum Gasteiger partial charge on any atom is -0.322 e. The molecule has 1 aliphatic heterocycles. The first-order chi connectivity index (χ1) is 9.32. The average Bonchev–Trinajstić information content (AvgIpc) is 2.83. The van der Waals surface area contributed by atoms with Gasteiger partial charge in [0.15, 0.2) is 0 Å². The van der Waals surface area contributed by atoms with Crippen molar-refractivity contribution in [3.63, 3.8) is 0 Å². The zero-order valence-corrected chi connectivity index (χ0v) is 14.0. The Morgan fingerprint density at radius 3 is 2.30 bits per heavy atom. The summed E-state index contributed by atoms with van der Waals surface area (Å²) in [5, 5.41) is 3.61. The van der Waals surface area contributed by atoms with Crippen molar-refractivity contribution < 1.29 is 4.79 Å². The quantitative estimate of drug-likeness (QED) is 0.857. The van der Waals surface area contributed by atoms with Crippen molar-refractivity contribution in [1.82, 2.24) is 10.2 Å². The Hall–Kier alpha value is -0.570. The van der Waals surface area contributed by atoms with Gasteiger partial charge in [-0.2, -0.15) is 0 Å². The van der Waals surface area contributed by atoms with Crippen LogP contribution in [0.25, 0.3) is 0 Å². The first-order valence-electron chi connectivity index (χ1n) is 8.41. The minimum absolute atomic E-state index is 0.0329. The lowest BCUT2D eigenvalue weighted by Crippen LogP contribution is -2.48. The Kier molecular flexibility index (Phi) is 4.78. The van der Waals surface area contributed by atoms with Crippen molar-refractivity contribution in [1.29, 1.82) is 0 Å². The number of rotatable bonds is 4.